The zero-order chi connectivity index (χ0) is 22.9. The Morgan fingerprint density at radius 1 is 0.724 bits per heavy atom. The molecular weight excluding hydrogens is 392 g/mol. The molecule has 0 heterocycles. The van der Waals surface area contributed by atoms with Crippen molar-refractivity contribution in [3.8, 4) is 0 Å². The number of nitrogens with two attached hydrogens (primary N) is 2. The summed E-state index contributed by atoms with van der Waals surface area (Å²) < 4.78 is 36.0. The molecule has 0 saturated heterocycles. The van der Waals surface area contributed by atoms with Gasteiger partial charge in [0.1, 0.15) is 13.1 Å². The van der Waals surface area contributed by atoms with Crippen molar-refractivity contribution in [1.82, 2.24) is 0 Å². The van der Waals surface area contributed by atoms with E-state index in [1.807, 2.05) is 36.4 Å². The third-order valence-corrected chi connectivity index (χ3v) is 3.22. The van der Waals surface area contributed by atoms with E-state index in [9.17, 15) is 0 Å². The molecule has 0 unspecified atom stereocenters. The summed E-state index contributed by atoms with van der Waals surface area (Å²) in [6.07, 6.45) is 0. The molecule has 0 bridgehead atoms. The van der Waals surface area contributed by atoms with Crippen LogP contribution in [-0.4, -0.2) is 68.8 Å². The Bertz CT molecular complexity index is 792. The minimum absolute atomic E-state index is 0.848. The average molecular weight is 427 g/mol. The second-order valence-electron chi connectivity index (χ2n) is 8.80. The van der Waals surface area contributed by atoms with Crippen molar-refractivity contribution in [3.63, 3.8) is 0 Å². The van der Waals surface area contributed by atoms with E-state index in [1.165, 1.54) is 11.1 Å². The van der Waals surface area contributed by atoms with Crippen LogP contribution in [0.15, 0.2) is 48.5 Å². The molecule has 29 heavy (non-hydrogen) atoms. The van der Waals surface area contributed by atoms with Gasteiger partial charge in [0.25, 0.3) is 0 Å². The van der Waals surface area contributed by atoms with Gasteiger partial charge in [-0.05, 0) is 24.3 Å². The fourth-order valence-electron chi connectivity index (χ4n) is 2.48. The zero-order valence-corrected chi connectivity index (χ0v) is 18.9. The van der Waals surface area contributed by atoms with Gasteiger partial charge in [-0.2, -0.15) is 0 Å². The molecule has 164 valence electrons. The van der Waals surface area contributed by atoms with Crippen molar-refractivity contribution >= 4 is 21.8 Å². The highest BCUT2D eigenvalue weighted by Crippen LogP contribution is 2.11. The molecule has 0 spiro atoms. The maximum Gasteiger partial charge on any atom is 0.104 e. The molecule has 0 aromatic heterocycles. The normalized spacial score (nSPS) is 11.6. The van der Waals surface area contributed by atoms with Crippen LogP contribution < -0.4 is 11.5 Å². The van der Waals surface area contributed by atoms with Crippen molar-refractivity contribution in [3.05, 3.63) is 59.7 Å². The number of benzene rings is 2. The number of anilines is 2. The summed E-state index contributed by atoms with van der Waals surface area (Å²) in [6.45, 7) is 2.04. The lowest BCUT2D eigenvalue weighted by Crippen LogP contribution is -2.33. The first-order valence-corrected chi connectivity index (χ1v) is 10.2. The molecule has 9 heteroatoms. The van der Waals surface area contributed by atoms with Crippen LogP contribution in [0.3, 0.4) is 0 Å². The van der Waals surface area contributed by atoms with E-state index in [1.54, 1.807) is 0 Å². The van der Waals surface area contributed by atoms with Crippen LogP contribution in [0, 0.1) is 0 Å². The minimum Gasteiger partial charge on any atom is -0.759 e. The Kier molecular flexibility index (Phi) is 10.3. The molecule has 4 N–H and O–H groups in total. The SMILES string of the molecule is C[N+](C)(C)Cc1cccc(N)c1.C[N+](C)(C)Cc1cccc(N)c1.O=S(=O)([O-])[O-]. The van der Waals surface area contributed by atoms with Gasteiger partial charge in [-0.15, -0.1) is 0 Å². The summed E-state index contributed by atoms with van der Waals surface area (Å²) in [7, 11) is 7.85. The van der Waals surface area contributed by atoms with Crippen LogP contribution >= 0.6 is 0 Å². The molecular formula is C20H34N4O4S. The van der Waals surface area contributed by atoms with Gasteiger partial charge in [0.15, 0.2) is 0 Å². The third kappa shape index (κ3) is 18.9. The number of hydrogen-bond donors (Lipinski definition) is 2. The second-order valence-corrected chi connectivity index (χ2v) is 9.61. The summed E-state index contributed by atoms with van der Waals surface area (Å²) in [5.41, 5.74) is 15.6. The number of nitrogens with zero attached hydrogens (tertiary/aromatic N) is 2. The molecule has 0 fully saturated rings. The van der Waals surface area contributed by atoms with Crippen LogP contribution in [0.2, 0.25) is 0 Å². The zero-order valence-electron chi connectivity index (χ0n) is 18.1. The standard InChI is InChI=1S/2C10H17N2.H2O4S/c2*1-12(2,3)8-9-5-4-6-10(11)7-9;1-5(2,3)4/h2*4-7H,8,11H2,1-3H3;(H2,1,2,3,4)/q2*+1;/p-2. The quantitative estimate of drug-likeness (QED) is 0.330. The van der Waals surface area contributed by atoms with Gasteiger partial charge in [0.05, 0.1) is 42.3 Å². The highest BCUT2D eigenvalue weighted by Gasteiger charge is 2.08. The first-order chi connectivity index (χ1) is 12.9. The van der Waals surface area contributed by atoms with Crippen molar-refractivity contribution in [1.29, 1.82) is 0 Å². The van der Waals surface area contributed by atoms with Gasteiger partial charge >= 0.3 is 0 Å². The van der Waals surface area contributed by atoms with Crippen LogP contribution in [-0.2, 0) is 23.5 Å². The largest absolute Gasteiger partial charge is 0.759 e. The molecule has 2 aromatic rings. The van der Waals surface area contributed by atoms with Gasteiger partial charge in [0.2, 0.25) is 0 Å². The molecule has 0 aliphatic carbocycles. The van der Waals surface area contributed by atoms with Crippen LogP contribution in [0.5, 0.6) is 0 Å². The lowest BCUT2D eigenvalue weighted by molar-refractivity contribution is -0.884. The summed E-state index contributed by atoms with van der Waals surface area (Å²) in [5.74, 6) is 0. The topological polar surface area (TPSA) is 132 Å². The predicted molar refractivity (Wildman–Crippen MR) is 116 cm³/mol. The average Bonchev–Trinajstić information content (AvgIpc) is 2.42. The van der Waals surface area contributed by atoms with Crippen LogP contribution in [0.1, 0.15) is 11.1 Å². The lowest BCUT2D eigenvalue weighted by Gasteiger charge is -2.23. The fourth-order valence-corrected chi connectivity index (χ4v) is 2.48. The molecule has 0 atom stereocenters. The van der Waals surface area contributed by atoms with Gasteiger partial charge in [-0.1, -0.05) is 24.3 Å². The van der Waals surface area contributed by atoms with Crippen LogP contribution in [0.4, 0.5) is 11.4 Å². The highest BCUT2D eigenvalue weighted by molar-refractivity contribution is 7.79. The smallest absolute Gasteiger partial charge is 0.104 e. The summed E-state index contributed by atoms with van der Waals surface area (Å²) >= 11 is 0. The minimum atomic E-state index is -5.17. The number of rotatable bonds is 4. The maximum absolute atomic E-state index is 8.52. The third-order valence-electron chi connectivity index (χ3n) is 3.22. The van der Waals surface area contributed by atoms with E-state index in [-0.39, 0.29) is 0 Å². The van der Waals surface area contributed by atoms with Gasteiger partial charge in [-0.25, -0.2) is 0 Å². The van der Waals surface area contributed by atoms with E-state index in [0.717, 1.165) is 33.4 Å². The van der Waals surface area contributed by atoms with Crippen molar-refractivity contribution in [2.75, 3.05) is 53.8 Å². The van der Waals surface area contributed by atoms with E-state index in [4.69, 9.17) is 29.0 Å². The van der Waals surface area contributed by atoms with Gasteiger partial charge in [0, 0.05) is 32.9 Å². The highest BCUT2D eigenvalue weighted by atomic mass is 32.3. The lowest BCUT2D eigenvalue weighted by atomic mass is 10.2. The van der Waals surface area contributed by atoms with E-state index in [2.05, 4.69) is 54.4 Å². The Balaban J connectivity index is 0.000000442. The van der Waals surface area contributed by atoms with Crippen molar-refractivity contribution in [2.45, 2.75) is 13.1 Å². The number of quaternary nitrogens is 2. The number of nitrogen functional groups attached to an aromatic ring is 2. The van der Waals surface area contributed by atoms with Gasteiger partial charge in [-0.3, -0.25) is 8.42 Å². The molecule has 2 aromatic carbocycles. The maximum atomic E-state index is 8.52. The Hall–Kier alpha value is -2.17. The monoisotopic (exact) mass is 426 g/mol. The van der Waals surface area contributed by atoms with E-state index >= 15 is 0 Å². The summed E-state index contributed by atoms with van der Waals surface area (Å²) in [6, 6.07) is 16.1. The van der Waals surface area contributed by atoms with Crippen molar-refractivity contribution in [2.24, 2.45) is 0 Å². The summed E-state index contributed by atoms with van der Waals surface area (Å²) in [4.78, 5) is 0. The van der Waals surface area contributed by atoms with Crippen molar-refractivity contribution < 1.29 is 26.5 Å². The molecule has 0 amide bonds. The molecule has 2 rings (SSSR count). The number of hydrogen-bond acceptors (Lipinski definition) is 6. The molecule has 8 nitrogen and oxygen atoms in total. The first kappa shape index (κ1) is 26.8. The summed E-state index contributed by atoms with van der Waals surface area (Å²) in [5, 5.41) is 0. The predicted octanol–water partition coefficient (Wildman–Crippen LogP) is 1.61. The Morgan fingerprint density at radius 2 is 1.00 bits per heavy atom. The first-order valence-electron chi connectivity index (χ1n) is 8.91. The van der Waals surface area contributed by atoms with Gasteiger partial charge < -0.3 is 29.5 Å². The van der Waals surface area contributed by atoms with E-state index < -0.39 is 10.4 Å². The molecule has 0 radical (unpaired) electrons. The van der Waals surface area contributed by atoms with E-state index in [0.29, 0.717) is 0 Å². The molecule has 0 saturated carbocycles. The molecule has 0 aliphatic heterocycles. The second kappa shape index (κ2) is 11.1. The van der Waals surface area contributed by atoms with Crippen LogP contribution in [0.25, 0.3) is 0 Å². The Morgan fingerprint density at radius 3 is 1.21 bits per heavy atom. The molecule has 0 aliphatic rings. The Labute approximate surface area is 175 Å². The fraction of sp³-hybridized carbons (Fsp3) is 0.400.